The van der Waals surface area contributed by atoms with Crippen LogP contribution in [0.5, 0.6) is 0 Å². The molecule has 0 atom stereocenters. The van der Waals surface area contributed by atoms with Crippen LogP contribution in [0.15, 0.2) is 54.6 Å². The molecule has 0 bridgehead atoms. The maximum atomic E-state index is 13.1. The molecule has 0 saturated heterocycles. The van der Waals surface area contributed by atoms with Gasteiger partial charge < -0.3 is 14.8 Å². The van der Waals surface area contributed by atoms with E-state index in [1.54, 1.807) is 0 Å². The Morgan fingerprint density at radius 1 is 1.03 bits per heavy atom. The van der Waals surface area contributed by atoms with Crippen molar-refractivity contribution in [3.8, 4) is 0 Å². The Labute approximate surface area is 189 Å². The lowest BCUT2D eigenvalue weighted by Crippen LogP contribution is -2.40. The Kier molecular flexibility index (Phi) is 7.20. The molecule has 0 radical (unpaired) electrons. The first-order valence-corrected chi connectivity index (χ1v) is 11.6. The summed E-state index contributed by atoms with van der Waals surface area (Å²) in [6.45, 7) is 0.547. The van der Waals surface area contributed by atoms with Gasteiger partial charge in [0.2, 0.25) is 11.8 Å². The number of fused-ring (bicyclic) bond motifs is 1. The molecular formula is C26H32N4O2. The SMILES string of the molecule is CN(C(=O)Cn1c(CNC(=O)CCc2ccccc2)nc2ccccc21)C1CCCCC1. The number of carbonyl (C=O) groups excluding carboxylic acids is 2. The highest BCUT2D eigenvalue weighted by Crippen LogP contribution is 2.23. The lowest BCUT2D eigenvalue weighted by atomic mass is 9.94. The molecule has 1 aliphatic carbocycles. The van der Waals surface area contributed by atoms with Crippen LogP contribution in [-0.2, 0) is 29.1 Å². The second-order valence-corrected chi connectivity index (χ2v) is 8.66. The van der Waals surface area contributed by atoms with Gasteiger partial charge in [-0.25, -0.2) is 4.98 Å². The highest BCUT2D eigenvalue weighted by atomic mass is 16.2. The summed E-state index contributed by atoms with van der Waals surface area (Å²) in [6, 6.07) is 18.2. The summed E-state index contributed by atoms with van der Waals surface area (Å²) in [4.78, 5) is 32.1. The molecule has 0 unspecified atom stereocenters. The number of likely N-dealkylation sites (N-methyl/N-ethyl adjacent to an activating group) is 1. The number of hydrogen-bond acceptors (Lipinski definition) is 3. The molecular weight excluding hydrogens is 400 g/mol. The number of aromatic nitrogens is 2. The maximum Gasteiger partial charge on any atom is 0.242 e. The van der Waals surface area contributed by atoms with E-state index in [1.807, 2.05) is 71.1 Å². The molecule has 0 spiro atoms. The number of hydrogen-bond donors (Lipinski definition) is 1. The van der Waals surface area contributed by atoms with Gasteiger partial charge in [0.25, 0.3) is 0 Å². The molecule has 4 rings (SSSR count). The van der Waals surface area contributed by atoms with Gasteiger partial charge in [-0.2, -0.15) is 0 Å². The van der Waals surface area contributed by atoms with Crippen molar-refractivity contribution in [1.82, 2.24) is 19.8 Å². The third-order valence-electron chi connectivity index (χ3n) is 6.47. The number of rotatable bonds is 8. The van der Waals surface area contributed by atoms with Crippen molar-refractivity contribution in [3.63, 3.8) is 0 Å². The van der Waals surface area contributed by atoms with E-state index in [9.17, 15) is 9.59 Å². The minimum absolute atomic E-state index is 0.0156. The summed E-state index contributed by atoms with van der Waals surface area (Å²) in [5.74, 6) is 0.791. The molecule has 6 heteroatoms. The first kappa shape index (κ1) is 22.1. The summed E-state index contributed by atoms with van der Waals surface area (Å²) in [5, 5.41) is 2.99. The van der Waals surface area contributed by atoms with Crippen LogP contribution in [-0.4, -0.2) is 39.4 Å². The number of carbonyl (C=O) groups is 2. The van der Waals surface area contributed by atoms with Crippen molar-refractivity contribution in [2.24, 2.45) is 0 Å². The van der Waals surface area contributed by atoms with Crippen molar-refractivity contribution < 1.29 is 9.59 Å². The number of para-hydroxylation sites is 2. The molecule has 2 aromatic carbocycles. The number of nitrogens with zero attached hydrogens (tertiary/aromatic N) is 3. The number of amides is 2. The van der Waals surface area contributed by atoms with Crippen LogP contribution in [0.25, 0.3) is 11.0 Å². The zero-order chi connectivity index (χ0) is 22.3. The fraction of sp³-hybridized carbons (Fsp3) is 0.423. The number of imidazole rings is 1. The highest BCUT2D eigenvalue weighted by Gasteiger charge is 2.23. The zero-order valence-corrected chi connectivity index (χ0v) is 18.8. The molecule has 1 N–H and O–H groups in total. The minimum Gasteiger partial charge on any atom is -0.349 e. The molecule has 0 aliphatic heterocycles. The van der Waals surface area contributed by atoms with Gasteiger partial charge in [0.15, 0.2) is 0 Å². The Balaban J connectivity index is 1.42. The standard InChI is InChI=1S/C26H32N4O2/c1-29(21-12-6-3-7-13-21)26(32)19-30-23-15-9-8-14-22(23)28-24(30)18-27-25(31)17-16-20-10-4-2-5-11-20/h2,4-5,8-11,14-15,21H,3,6-7,12-13,16-19H2,1H3,(H,27,31). The summed E-state index contributed by atoms with van der Waals surface area (Å²) in [6.07, 6.45) is 6.93. The molecule has 32 heavy (non-hydrogen) atoms. The topological polar surface area (TPSA) is 67.2 Å². The Bertz CT molecular complexity index is 1050. The maximum absolute atomic E-state index is 13.1. The fourth-order valence-corrected chi connectivity index (χ4v) is 4.52. The predicted molar refractivity (Wildman–Crippen MR) is 126 cm³/mol. The summed E-state index contributed by atoms with van der Waals surface area (Å²) in [7, 11) is 1.92. The first-order valence-electron chi connectivity index (χ1n) is 11.6. The predicted octanol–water partition coefficient (Wildman–Crippen LogP) is 4.08. The summed E-state index contributed by atoms with van der Waals surface area (Å²) < 4.78 is 1.95. The van der Waals surface area contributed by atoms with Crippen molar-refractivity contribution >= 4 is 22.8 Å². The zero-order valence-electron chi connectivity index (χ0n) is 18.8. The lowest BCUT2D eigenvalue weighted by molar-refractivity contribution is -0.133. The van der Waals surface area contributed by atoms with Crippen molar-refractivity contribution in [1.29, 1.82) is 0 Å². The molecule has 1 aromatic heterocycles. The van der Waals surface area contributed by atoms with E-state index in [4.69, 9.17) is 4.98 Å². The molecule has 168 valence electrons. The van der Waals surface area contributed by atoms with E-state index in [-0.39, 0.29) is 18.4 Å². The fourth-order valence-electron chi connectivity index (χ4n) is 4.52. The van der Waals surface area contributed by atoms with Crippen LogP contribution in [0.3, 0.4) is 0 Å². The second-order valence-electron chi connectivity index (χ2n) is 8.66. The molecule has 2 amide bonds. The Morgan fingerprint density at radius 2 is 1.75 bits per heavy atom. The first-order chi connectivity index (χ1) is 15.6. The van der Waals surface area contributed by atoms with Gasteiger partial charge in [0.1, 0.15) is 12.4 Å². The van der Waals surface area contributed by atoms with Gasteiger partial charge in [0, 0.05) is 19.5 Å². The van der Waals surface area contributed by atoms with Crippen LogP contribution in [0, 0.1) is 0 Å². The molecule has 6 nitrogen and oxygen atoms in total. The minimum atomic E-state index is -0.0156. The van der Waals surface area contributed by atoms with E-state index in [0.717, 1.165) is 29.4 Å². The van der Waals surface area contributed by atoms with E-state index < -0.39 is 0 Å². The van der Waals surface area contributed by atoms with Crippen molar-refractivity contribution in [3.05, 3.63) is 66.0 Å². The van der Waals surface area contributed by atoms with Gasteiger partial charge in [-0.05, 0) is 37.0 Å². The van der Waals surface area contributed by atoms with Crippen LogP contribution >= 0.6 is 0 Å². The second kappa shape index (κ2) is 10.4. The number of aryl methyl sites for hydroxylation is 1. The molecule has 1 aliphatic rings. The van der Waals surface area contributed by atoms with Crippen molar-refractivity contribution in [2.45, 2.75) is 64.1 Å². The van der Waals surface area contributed by atoms with Crippen LogP contribution in [0.2, 0.25) is 0 Å². The summed E-state index contributed by atoms with van der Waals surface area (Å²) >= 11 is 0. The Morgan fingerprint density at radius 3 is 2.53 bits per heavy atom. The molecule has 1 heterocycles. The van der Waals surface area contributed by atoms with Crippen LogP contribution in [0.4, 0.5) is 0 Å². The Hall–Kier alpha value is -3.15. The van der Waals surface area contributed by atoms with E-state index in [0.29, 0.717) is 31.3 Å². The van der Waals surface area contributed by atoms with Gasteiger partial charge in [-0.3, -0.25) is 9.59 Å². The van der Waals surface area contributed by atoms with Crippen molar-refractivity contribution in [2.75, 3.05) is 7.05 Å². The van der Waals surface area contributed by atoms with Gasteiger partial charge in [-0.15, -0.1) is 0 Å². The molecule has 1 saturated carbocycles. The normalized spacial score (nSPS) is 14.4. The van der Waals surface area contributed by atoms with Gasteiger partial charge >= 0.3 is 0 Å². The van der Waals surface area contributed by atoms with Gasteiger partial charge in [0.05, 0.1) is 17.6 Å². The van der Waals surface area contributed by atoms with E-state index >= 15 is 0 Å². The average Bonchev–Trinajstić information content (AvgIpc) is 3.19. The van der Waals surface area contributed by atoms with Gasteiger partial charge in [-0.1, -0.05) is 61.7 Å². The van der Waals surface area contributed by atoms with E-state index in [2.05, 4.69) is 5.32 Å². The van der Waals surface area contributed by atoms with E-state index in [1.165, 1.54) is 19.3 Å². The average molecular weight is 433 g/mol. The third kappa shape index (κ3) is 5.36. The van der Waals surface area contributed by atoms with Crippen LogP contribution in [0.1, 0.15) is 49.9 Å². The smallest absolute Gasteiger partial charge is 0.242 e. The third-order valence-corrected chi connectivity index (χ3v) is 6.47. The highest BCUT2D eigenvalue weighted by molar-refractivity contribution is 5.81. The lowest BCUT2D eigenvalue weighted by Gasteiger charge is -2.31. The monoisotopic (exact) mass is 432 g/mol. The quantitative estimate of drug-likeness (QED) is 0.583. The number of nitrogens with one attached hydrogen (secondary N) is 1. The number of benzene rings is 2. The van der Waals surface area contributed by atoms with Crippen LogP contribution < -0.4 is 5.32 Å². The molecule has 1 fully saturated rings. The summed E-state index contributed by atoms with van der Waals surface area (Å²) in [5.41, 5.74) is 2.91. The molecule has 3 aromatic rings. The largest absolute Gasteiger partial charge is 0.349 e.